The van der Waals surface area contributed by atoms with Gasteiger partial charge in [-0.25, -0.2) is 4.98 Å². The Morgan fingerprint density at radius 3 is 3.00 bits per heavy atom. The number of carbonyl (C=O) groups is 1. The predicted molar refractivity (Wildman–Crippen MR) is 42.0 cm³/mol. The average molecular weight is 211 g/mol. The van der Waals surface area contributed by atoms with Gasteiger partial charge in [-0.05, 0) is 22.0 Å². The zero-order valence-corrected chi connectivity index (χ0v) is 7.00. The minimum atomic E-state index is 0.156. The summed E-state index contributed by atoms with van der Waals surface area (Å²) in [7, 11) is 0. The number of carbonyl (C=O) groups excluding carboxylic acids is 1. The maximum atomic E-state index is 10.3. The molecule has 0 aliphatic rings. The average Bonchev–Trinajstić information content (AvgIpc) is 2.04. The zero-order chi connectivity index (χ0) is 8.27. The zero-order valence-electron chi connectivity index (χ0n) is 5.41. The SMILES string of the molecule is N#Cc1ncc(Br)cc1C=O. The fraction of sp³-hybridized carbons (Fsp3) is 0. The number of pyridine rings is 1. The van der Waals surface area contributed by atoms with Crippen LogP contribution >= 0.6 is 15.9 Å². The van der Waals surface area contributed by atoms with Crippen molar-refractivity contribution >= 4 is 22.2 Å². The molecule has 1 rings (SSSR count). The molecule has 11 heavy (non-hydrogen) atoms. The Morgan fingerprint density at radius 2 is 2.45 bits per heavy atom. The highest BCUT2D eigenvalue weighted by Crippen LogP contribution is 2.11. The molecule has 4 heteroatoms. The van der Waals surface area contributed by atoms with Gasteiger partial charge in [0.1, 0.15) is 6.07 Å². The Kier molecular flexibility index (Phi) is 2.34. The number of hydrogen-bond acceptors (Lipinski definition) is 3. The van der Waals surface area contributed by atoms with Gasteiger partial charge in [-0.2, -0.15) is 5.26 Å². The van der Waals surface area contributed by atoms with E-state index in [1.807, 2.05) is 6.07 Å². The normalized spacial score (nSPS) is 8.73. The fourth-order valence-corrected chi connectivity index (χ4v) is 0.987. The molecule has 0 radical (unpaired) electrons. The molecule has 0 fully saturated rings. The lowest BCUT2D eigenvalue weighted by Crippen LogP contribution is -1.90. The summed E-state index contributed by atoms with van der Waals surface area (Å²) in [6, 6.07) is 3.36. The van der Waals surface area contributed by atoms with E-state index in [1.165, 1.54) is 6.20 Å². The third kappa shape index (κ3) is 1.63. The van der Waals surface area contributed by atoms with E-state index in [1.54, 1.807) is 6.07 Å². The summed E-state index contributed by atoms with van der Waals surface area (Å²) >= 11 is 3.14. The molecule has 0 saturated heterocycles. The number of halogens is 1. The van der Waals surface area contributed by atoms with Crippen LogP contribution < -0.4 is 0 Å². The van der Waals surface area contributed by atoms with Crippen molar-refractivity contribution in [3.8, 4) is 6.07 Å². The highest BCUT2D eigenvalue weighted by molar-refractivity contribution is 9.10. The van der Waals surface area contributed by atoms with Gasteiger partial charge in [0.05, 0.1) is 5.56 Å². The molecule has 54 valence electrons. The third-order valence-electron chi connectivity index (χ3n) is 1.12. The largest absolute Gasteiger partial charge is 0.298 e. The summed E-state index contributed by atoms with van der Waals surface area (Å²) < 4.78 is 0.693. The smallest absolute Gasteiger partial charge is 0.153 e. The first-order valence-electron chi connectivity index (χ1n) is 2.78. The quantitative estimate of drug-likeness (QED) is 0.661. The molecule has 0 spiro atoms. The Hall–Kier alpha value is -1.21. The van der Waals surface area contributed by atoms with Crippen LogP contribution in [0.15, 0.2) is 16.7 Å². The molecule has 0 atom stereocenters. The van der Waals surface area contributed by atoms with E-state index in [-0.39, 0.29) is 5.69 Å². The van der Waals surface area contributed by atoms with Crippen molar-refractivity contribution in [2.24, 2.45) is 0 Å². The standard InChI is InChI=1S/C7H3BrN2O/c8-6-1-5(4-11)7(2-9)10-3-6/h1,3-4H. The number of rotatable bonds is 1. The van der Waals surface area contributed by atoms with Crippen LogP contribution in [0.3, 0.4) is 0 Å². The maximum Gasteiger partial charge on any atom is 0.153 e. The third-order valence-corrected chi connectivity index (χ3v) is 1.55. The number of nitriles is 1. The van der Waals surface area contributed by atoms with E-state index < -0.39 is 0 Å². The van der Waals surface area contributed by atoms with Crippen LogP contribution in [-0.4, -0.2) is 11.3 Å². The summed E-state index contributed by atoms with van der Waals surface area (Å²) in [5, 5.41) is 8.45. The number of aromatic nitrogens is 1. The number of nitrogens with zero attached hydrogens (tertiary/aromatic N) is 2. The van der Waals surface area contributed by atoms with E-state index in [0.717, 1.165) is 0 Å². The molecular weight excluding hydrogens is 208 g/mol. The molecule has 1 aromatic heterocycles. The van der Waals surface area contributed by atoms with Crippen LogP contribution in [0, 0.1) is 11.3 Å². The second-order valence-corrected chi connectivity index (χ2v) is 2.74. The molecular formula is C7H3BrN2O. The molecule has 1 aromatic rings. The van der Waals surface area contributed by atoms with Crippen LogP contribution in [-0.2, 0) is 0 Å². The van der Waals surface area contributed by atoms with Crippen LogP contribution in [0.25, 0.3) is 0 Å². The molecule has 1 heterocycles. The van der Waals surface area contributed by atoms with Crippen molar-refractivity contribution in [1.82, 2.24) is 4.98 Å². The van der Waals surface area contributed by atoms with Crippen LogP contribution in [0.1, 0.15) is 16.1 Å². The van der Waals surface area contributed by atoms with Gasteiger partial charge in [-0.15, -0.1) is 0 Å². The highest BCUT2D eigenvalue weighted by Gasteiger charge is 2.01. The van der Waals surface area contributed by atoms with E-state index >= 15 is 0 Å². The monoisotopic (exact) mass is 210 g/mol. The molecule has 0 aliphatic heterocycles. The van der Waals surface area contributed by atoms with Gasteiger partial charge in [0, 0.05) is 10.7 Å². The Labute approximate surface area is 71.8 Å². The van der Waals surface area contributed by atoms with Crippen molar-refractivity contribution in [3.63, 3.8) is 0 Å². The molecule has 0 aliphatic carbocycles. The van der Waals surface area contributed by atoms with Crippen molar-refractivity contribution in [3.05, 3.63) is 28.0 Å². The van der Waals surface area contributed by atoms with Crippen LogP contribution in [0.2, 0.25) is 0 Å². The molecule has 0 saturated carbocycles. The Morgan fingerprint density at radius 1 is 1.73 bits per heavy atom. The highest BCUT2D eigenvalue weighted by atomic mass is 79.9. The van der Waals surface area contributed by atoms with E-state index in [4.69, 9.17) is 5.26 Å². The second-order valence-electron chi connectivity index (χ2n) is 1.82. The molecule has 0 bridgehead atoms. The van der Waals surface area contributed by atoms with Crippen molar-refractivity contribution in [1.29, 1.82) is 5.26 Å². The number of aldehydes is 1. The van der Waals surface area contributed by atoms with E-state index in [9.17, 15) is 4.79 Å². The summed E-state index contributed by atoms with van der Waals surface area (Å²) in [5.74, 6) is 0. The summed E-state index contributed by atoms with van der Waals surface area (Å²) in [4.78, 5) is 14.1. The fourth-order valence-electron chi connectivity index (χ4n) is 0.638. The maximum absolute atomic E-state index is 10.3. The molecule has 0 unspecified atom stereocenters. The van der Waals surface area contributed by atoms with Gasteiger partial charge in [-0.1, -0.05) is 0 Å². The van der Waals surface area contributed by atoms with Crippen molar-refractivity contribution < 1.29 is 4.79 Å². The van der Waals surface area contributed by atoms with Gasteiger partial charge in [0.25, 0.3) is 0 Å². The first kappa shape index (κ1) is 7.89. The number of hydrogen-bond donors (Lipinski definition) is 0. The van der Waals surface area contributed by atoms with E-state index in [2.05, 4.69) is 20.9 Å². The minimum absolute atomic E-state index is 0.156. The topological polar surface area (TPSA) is 53.8 Å². The van der Waals surface area contributed by atoms with Crippen molar-refractivity contribution in [2.45, 2.75) is 0 Å². The summed E-state index contributed by atoms with van der Waals surface area (Å²) in [5.41, 5.74) is 0.463. The van der Waals surface area contributed by atoms with Crippen LogP contribution in [0.4, 0.5) is 0 Å². The molecule has 0 amide bonds. The second kappa shape index (κ2) is 3.26. The lowest BCUT2D eigenvalue weighted by atomic mass is 10.2. The van der Waals surface area contributed by atoms with Crippen LogP contribution in [0.5, 0.6) is 0 Å². The Balaban J connectivity index is 3.30. The predicted octanol–water partition coefficient (Wildman–Crippen LogP) is 1.53. The first-order chi connectivity index (χ1) is 5.27. The van der Waals surface area contributed by atoms with Gasteiger partial charge < -0.3 is 0 Å². The van der Waals surface area contributed by atoms with Gasteiger partial charge in [0.15, 0.2) is 12.0 Å². The Bertz CT molecular complexity index is 330. The molecule has 3 nitrogen and oxygen atoms in total. The lowest BCUT2D eigenvalue weighted by Gasteiger charge is -1.93. The van der Waals surface area contributed by atoms with Gasteiger partial charge in [-0.3, -0.25) is 4.79 Å². The summed E-state index contributed by atoms with van der Waals surface area (Å²) in [6.07, 6.45) is 2.09. The van der Waals surface area contributed by atoms with Crippen molar-refractivity contribution in [2.75, 3.05) is 0 Å². The van der Waals surface area contributed by atoms with Gasteiger partial charge >= 0.3 is 0 Å². The van der Waals surface area contributed by atoms with Gasteiger partial charge in [0.2, 0.25) is 0 Å². The summed E-state index contributed by atoms with van der Waals surface area (Å²) in [6.45, 7) is 0. The van der Waals surface area contributed by atoms with E-state index in [0.29, 0.717) is 16.3 Å². The lowest BCUT2D eigenvalue weighted by molar-refractivity contribution is 0.112. The molecule has 0 N–H and O–H groups in total. The first-order valence-corrected chi connectivity index (χ1v) is 3.58. The minimum Gasteiger partial charge on any atom is -0.298 e. The molecule has 0 aromatic carbocycles.